The summed E-state index contributed by atoms with van der Waals surface area (Å²) in [5.74, 6) is -1.11. The van der Waals surface area contributed by atoms with Crippen LogP contribution < -0.4 is 10.7 Å². The molecular formula is C18H17ClN4O5. The highest BCUT2D eigenvalue weighted by Gasteiger charge is 2.10. The van der Waals surface area contributed by atoms with Crippen molar-refractivity contribution >= 4 is 41.0 Å². The van der Waals surface area contributed by atoms with Gasteiger partial charge in [-0.2, -0.15) is 5.10 Å². The fourth-order valence-corrected chi connectivity index (χ4v) is 2.35. The van der Waals surface area contributed by atoms with Crippen LogP contribution in [0.25, 0.3) is 0 Å². The molecule has 2 aromatic carbocycles. The molecule has 0 unspecified atom stereocenters. The number of nitrogens with one attached hydrogen (secondary N) is 2. The van der Waals surface area contributed by atoms with Crippen molar-refractivity contribution in [2.24, 2.45) is 5.10 Å². The number of nitro groups is 1. The van der Waals surface area contributed by atoms with E-state index < -0.39 is 10.8 Å². The van der Waals surface area contributed by atoms with E-state index in [0.717, 1.165) is 30.0 Å². The number of hydrazone groups is 1. The molecule has 2 amide bonds. The first-order valence-corrected chi connectivity index (χ1v) is 8.50. The number of benzene rings is 2. The number of phenolic OH excluding ortho intramolecular Hbond substituents is 1. The van der Waals surface area contributed by atoms with E-state index in [1.165, 1.54) is 0 Å². The van der Waals surface area contributed by atoms with Crippen molar-refractivity contribution in [3.8, 4) is 5.75 Å². The fraction of sp³-hybridized carbons (Fsp3) is 0.167. The largest absolute Gasteiger partial charge is 0.507 e. The predicted molar refractivity (Wildman–Crippen MR) is 105 cm³/mol. The highest BCUT2D eigenvalue weighted by atomic mass is 35.5. The van der Waals surface area contributed by atoms with Gasteiger partial charge in [-0.1, -0.05) is 17.7 Å². The van der Waals surface area contributed by atoms with Gasteiger partial charge in [0, 0.05) is 41.2 Å². The molecule has 0 saturated heterocycles. The molecule has 0 radical (unpaired) electrons. The van der Waals surface area contributed by atoms with Gasteiger partial charge >= 0.3 is 0 Å². The first kappa shape index (κ1) is 20.8. The van der Waals surface area contributed by atoms with Crippen molar-refractivity contribution in [3.05, 3.63) is 62.7 Å². The Morgan fingerprint density at radius 1 is 1.25 bits per heavy atom. The monoisotopic (exact) mass is 404 g/mol. The van der Waals surface area contributed by atoms with Gasteiger partial charge in [-0.05, 0) is 30.7 Å². The highest BCUT2D eigenvalue weighted by molar-refractivity contribution is 6.31. The molecule has 146 valence electrons. The Kier molecular flexibility index (Phi) is 7.05. The number of halogens is 1. The van der Waals surface area contributed by atoms with Gasteiger partial charge in [-0.3, -0.25) is 19.7 Å². The van der Waals surface area contributed by atoms with Crippen molar-refractivity contribution < 1.29 is 19.6 Å². The van der Waals surface area contributed by atoms with E-state index in [1.54, 1.807) is 25.1 Å². The summed E-state index contributed by atoms with van der Waals surface area (Å²) in [7, 11) is 0. The van der Waals surface area contributed by atoms with Gasteiger partial charge in [0.05, 0.1) is 11.1 Å². The number of nitro benzene ring substituents is 1. The molecule has 0 fully saturated rings. The maximum atomic E-state index is 12.0. The predicted octanol–water partition coefficient (Wildman–Crippen LogP) is 3.13. The van der Waals surface area contributed by atoms with Gasteiger partial charge in [0.25, 0.3) is 5.69 Å². The zero-order chi connectivity index (χ0) is 20.7. The molecule has 0 spiro atoms. The molecule has 0 aromatic heterocycles. The lowest BCUT2D eigenvalue weighted by Gasteiger charge is -2.09. The summed E-state index contributed by atoms with van der Waals surface area (Å²) in [6.45, 7) is 1.77. The summed E-state index contributed by atoms with van der Waals surface area (Å²) in [6.07, 6.45) is 0.884. The second-order valence-corrected chi connectivity index (χ2v) is 6.16. The number of phenols is 1. The highest BCUT2D eigenvalue weighted by Crippen LogP contribution is 2.23. The van der Waals surface area contributed by atoms with E-state index in [2.05, 4.69) is 15.8 Å². The number of nitrogens with zero attached hydrogens (tertiary/aromatic N) is 2. The van der Waals surface area contributed by atoms with Crippen LogP contribution in [0.2, 0.25) is 5.02 Å². The number of amides is 2. The minimum atomic E-state index is -0.615. The van der Waals surface area contributed by atoms with Crippen LogP contribution >= 0.6 is 11.6 Å². The van der Waals surface area contributed by atoms with Crippen LogP contribution in [0, 0.1) is 17.0 Å². The standard InChI is InChI=1S/C18H17ClN4O5/c1-11-14(19)3-2-4-15(11)21-17(25)7-8-18(26)22-20-10-12-9-13(23(27)28)5-6-16(12)24/h2-6,9-10,24H,7-8H2,1H3,(H,21,25)(H,22,26)/b20-10-. The van der Waals surface area contributed by atoms with Crippen molar-refractivity contribution in [1.29, 1.82) is 0 Å². The molecular weight excluding hydrogens is 388 g/mol. The van der Waals surface area contributed by atoms with Crippen molar-refractivity contribution in [3.63, 3.8) is 0 Å². The molecule has 10 heteroatoms. The van der Waals surface area contributed by atoms with Gasteiger partial charge in [0.2, 0.25) is 11.8 Å². The van der Waals surface area contributed by atoms with Gasteiger partial charge < -0.3 is 10.4 Å². The van der Waals surface area contributed by atoms with Crippen molar-refractivity contribution in [2.75, 3.05) is 5.32 Å². The lowest BCUT2D eigenvalue weighted by Crippen LogP contribution is -2.20. The van der Waals surface area contributed by atoms with Crippen LogP contribution in [0.4, 0.5) is 11.4 Å². The summed E-state index contributed by atoms with van der Waals surface area (Å²) in [6, 6.07) is 8.53. The van der Waals surface area contributed by atoms with E-state index >= 15 is 0 Å². The molecule has 0 aliphatic heterocycles. The number of hydrogen-bond acceptors (Lipinski definition) is 6. The van der Waals surface area contributed by atoms with Gasteiger partial charge in [0.1, 0.15) is 5.75 Å². The second-order valence-electron chi connectivity index (χ2n) is 5.75. The Labute approximate surface area is 165 Å². The fourth-order valence-electron chi connectivity index (χ4n) is 2.17. The maximum Gasteiger partial charge on any atom is 0.270 e. The minimum Gasteiger partial charge on any atom is -0.507 e. The third kappa shape index (κ3) is 5.78. The van der Waals surface area contributed by atoms with Crippen LogP contribution in [0.1, 0.15) is 24.0 Å². The van der Waals surface area contributed by atoms with Gasteiger partial charge in [0.15, 0.2) is 0 Å². The molecule has 0 aliphatic carbocycles. The molecule has 0 saturated carbocycles. The van der Waals surface area contributed by atoms with Crippen LogP contribution in [0.15, 0.2) is 41.5 Å². The number of rotatable bonds is 7. The quantitative estimate of drug-likeness (QED) is 0.370. The summed E-state index contributed by atoms with van der Waals surface area (Å²) in [5.41, 5.74) is 3.34. The minimum absolute atomic E-state index is 0.0728. The van der Waals surface area contributed by atoms with Crippen LogP contribution in [0.3, 0.4) is 0 Å². The van der Waals surface area contributed by atoms with Crippen LogP contribution in [-0.4, -0.2) is 28.1 Å². The summed E-state index contributed by atoms with van der Waals surface area (Å²) in [5, 5.41) is 27.2. The molecule has 0 bridgehead atoms. The van der Waals surface area contributed by atoms with Crippen LogP contribution in [0.5, 0.6) is 5.75 Å². The molecule has 0 heterocycles. The number of carbonyl (C=O) groups is 2. The number of carbonyl (C=O) groups excluding carboxylic acids is 2. The van der Waals surface area contributed by atoms with Gasteiger partial charge in [-0.15, -0.1) is 0 Å². The number of aromatic hydroxyl groups is 1. The number of non-ortho nitro benzene ring substituents is 1. The SMILES string of the molecule is Cc1c(Cl)cccc1NC(=O)CCC(=O)N/N=C\c1cc([N+](=O)[O-])ccc1O. The van der Waals surface area contributed by atoms with Crippen molar-refractivity contribution in [2.45, 2.75) is 19.8 Å². The topological polar surface area (TPSA) is 134 Å². The Bertz CT molecular complexity index is 946. The summed E-state index contributed by atoms with van der Waals surface area (Å²) < 4.78 is 0. The zero-order valence-corrected chi connectivity index (χ0v) is 15.6. The molecule has 3 N–H and O–H groups in total. The third-order valence-electron chi connectivity index (χ3n) is 3.74. The van der Waals surface area contributed by atoms with E-state index in [0.29, 0.717) is 10.7 Å². The van der Waals surface area contributed by atoms with E-state index in [4.69, 9.17) is 11.6 Å². The Balaban J connectivity index is 1.85. The van der Waals surface area contributed by atoms with E-state index in [-0.39, 0.29) is 35.7 Å². The second kappa shape index (κ2) is 9.47. The molecule has 0 aliphatic rings. The van der Waals surface area contributed by atoms with Crippen molar-refractivity contribution in [1.82, 2.24) is 5.43 Å². The normalized spacial score (nSPS) is 10.6. The average Bonchev–Trinajstić information content (AvgIpc) is 2.65. The summed E-state index contributed by atoms with van der Waals surface area (Å²) in [4.78, 5) is 33.8. The number of anilines is 1. The van der Waals surface area contributed by atoms with Crippen LogP contribution in [-0.2, 0) is 9.59 Å². The maximum absolute atomic E-state index is 12.0. The first-order valence-electron chi connectivity index (χ1n) is 8.12. The Morgan fingerprint density at radius 2 is 1.96 bits per heavy atom. The first-order chi connectivity index (χ1) is 13.3. The smallest absolute Gasteiger partial charge is 0.270 e. The molecule has 2 aromatic rings. The Hall–Kier alpha value is -3.46. The van der Waals surface area contributed by atoms with Gasteiger partial charge in [-0.25, -0.2) is 5.43 Å². The molecule has 2 rings (SSSR count). The average molecular weight is 405 g/mol. The number of hydrogen-bond donors (Lipinski definition) is 3. The Morgan fingerprint density at radius 3 is 2.68 bits per heavy atom. The van der Waals surface area contributed by atoms with E-state index in [1.807, 2.05) is 0 Å². The third-order valence-corrected chi connectivity index (χ3v) is 4.15. The molecule has 9 nitrogen and oxygen atoms in total. The molecule has 28 heavy (non-hydrogen) atoms. The lowest BCUT2D eigenvalue weighted by molar-refractivity contribution is -0.384. The summed E-state index contributed by atoms with van der Waals surface area (Å²) >= 11 is 5.98. The molecule has 0 atom stereocenters. The van der Waals surface area contributed by atoms with E-state index in [9.17, 15) is 24.8 Å². The zero-order valence-electron chi connectivity index (χ0n) is 14.8. The lowest BCUT2D eigenvalue weighted by atomic mass is 10.2.